The molecule has 0 aliphatic heterocycles. The highest BCUT2D eigenvalue weighted by molar-refractivity contribution is 5.92. The minimum Gasteiger partial charge on any atom is -0.311 e. The van der Waals surface area contributed by atoms with E-state index in [1.54, 1.807) is 0 Å². The number of nitrogens with zero attached hydrogens (tertiary/aromatic N) is 6. The van der Waals surface area contributed by atoms with Crippen molar-refractivity contribution < 1.29 is 0 Å². The summed E-state index contributed by atoms with van der Waals surface area (Å²) in [5.41, 5.74) is 14.2. The fourth-order valence-corrected chi connectivity index (χ4v) is 7.62. The maximum atomic E-state index is 10.2. The minimum atomic E-state index is 0.573. The van der Waals surface area contributed by atoms with Crippen LogP contribution < -0.4 is 9.80 Å². The summed E-state index contributed by atoms with van der Waals surface area (Å²) in [6.45, 7) is 0. The van der Waals surface area contributed by atoms with Gasteiger partial charge >= 0.3 is 0 Å². The van der Waals surface area contributed by atoms with Crippen molar-refractivity contribution in [1.82, 2.24) is 10.2 Å². The molecule has 8 aromatic carbocycles. The lowest BCUT2D eigenvalue weighted by Crippen LogP contribution is -2.09. The van der Waals surface area contributed by atoms with Crippen LogP contribution in [0.25, 0.3) is 45.8 Å². The molecule has 6 heteroatoms. The van der Waals surface area contributed by atoms with Crippen molar-refractivity contribution in [1.29, 1.82) is 10.5 Å². The molecule has 64 heavy (non-hydrogen) atoms. The van der Waals surface area contributed by atoms with Gasteiger partial charge in [-0.05, 0) is 119 Å². The van der Waals surface area contributed by atoms with E-state index >= 15 is 0 Å². The van der Waals surface area contributed by atoms with E-state index in [0.717, 1.165) is 78.9 Å². The van der Waals surface area contributed by atoms with Crippen molar-refractivity contribution in [2.24, 2.45) is 0 Å². The maximum Gasteiger partial charge on any atom is 0.0998 e. The van der Waals surface area contributed by atoms with Crippen molar-refractivity contribution >= 4 is 57.4 Å². The number of nitriles is 2. The van der Waals surface area contributed by atoms with E-state index in [2.05, 4.69) is 105 Å². The van der Waals surface area contributed by atoms with E-state index in [1.165, 1.54) is 0 Å². The minimum absolute atomic E-state index is 0.573. The van der Waals surface area contributed by atoms with Crippen molar-refractivity contribution in [3.63, 3.8) is 0 Å². The molecule has 0 unspecified atom stereocenters. The van der Waals surface area contributed by atoms with Crippen molar-refractivity contribution in [3.8, 4) is 34.7 Å². The lowest BCUT2D eigenvalue weighted by Gasteiger charge is -2.25. The second-order valence-corrected chi connectivity index (χ2v) is 15.0. The van der Waals surface area contributed by atoms with Gasteiger partial charge in [0.05, 0.1) is 34.7 Å². The monoisotopic (exact) mass is 820 g/mol. The largest absolute Gasteiger partial charge is 0.311 e. The molecule has 0 saturated heterocycles. The van der Waals surface area contributed by atoms with Crippen LogP contribution in [0.5, 0.6) is 0 Å². The lowest BCUT2D eigenvalue weighted by atomic mass is 10.0. The van der Waals surface area contributed by atoms with Gasteiger partial charge in [0.2, 0.25) is 0 Å². The molecule has 0 spiro atoms. The average molecular weight is 821 g/mol. The zero-order valence-electron chi connectivity index (χ0n) is 34.8. The van der Waals surface area contributed by atoms with Gasteiger partial charge in [-0.25, -0.2) is 0 Å². The number of benzene rings is 8. The van der Waals surface area contributed by atoms with Crippen LogP contribution in [-0.2, 0) is 0 Å². The Labute approximate surface area is 373 Å². The quantitative estimate of drug-likeness (QED) is 0.0902. The fourth-order valence-electron chi connectivity index (χ4n) is 7.62. The highest BCUT2D eigenvalue weighted by Crippen LogP contribution is 2.37. The van der Waals surface area contributed by atoms with Crippen LogP contribution in [0.4, 0.5) is 34.1 Å². The number of rotatable bonds is 12. The second-order valence-electron chi connectivity index (χ2n) is 15.0. The van der Waals surface area contributed by atoms with Gasteiger partial charge in [0, 0.05) is 45.3 Å². The highest BCUT2D eigenvalue weighted by Gasteiger charge is 2.14. The summed E-state index contributed by atoms with van der Waals surface area (Å²) in [6, 6.07) is 81.8. The Morgan fingerprint density at radius 2 is 0.609 bits per heavy atom. The van der Waals surface area contributed by atoms with Gasteiger partial charge in [0.1, 0.15) is 0 Å². The zero-order chi connectivity index (χ0) is 43.5. The number of para-hydroxylation sites is 4. The molecule has 0 radical (unpaired) electrons. The van der Waals surface area contributed by atoms with Gasteiger partial charge in [-0.1, -0.05) is 146 Å². The molecule has 0 atom stereocenters. The molecule has 0 amide bonds. The Kier molecular flexibility index (Phi) is 12.0. The topological polar surface area (TPSA) is 79.8 Å². The first-order valence-corrected chi connectivity index (χ1v) is 20.9. The Morgan fingerprint density at radius 3 is 0.875 bits per heavy atom. The molecule has 9 rings (SSSR count). The molecule has 0 fully saturated rings. The molecule has 1 heterocycles. The van der Waals surface area contributed by atoms with Crippen molar-refractivity contribution in [3.05, 3.63) is 253 Å². The Morgan fingerprint density at radius 1 is 0.328 bits per heavy atom. The number of aromatic nitrogens is 2. The van der Waals surface area contributed by atoms with Crippen LogP contribution in [0.15, 0.2) is 231 Å². The SMILES string of the molecule is N#CC(=Cc1ccc(-c2ccc(-c3ccc(C=C(C#N)c4ccc(N(c5ccccc5)c5ccccc5)cc4)cc3)nn2)cc1)c1ccc(N(c2ccccc2)c2ccccc2)cc1. The van der Waals surface area contributed by atoms with Crippen LogP contribution in [-0.4, -0.2) is 10.2 Å². The van der Waals surface area contributed by atoms with Crippen LogP contribution in [0.2, 0.25) is 0 Å². The molecule has 6 nitrogen and oxygen atoms in total. The highest BCUT2D eigenvalue weighted by atomic mass is 15.1. The third-order valence-electron chi connectivity index (χ3n) is 10.9. The third kappa shape index (κ3) is 9.13. The average Bonchev–Trinajstić information content (AvgIpc) is 3.37. The molecule has 0 N–H and O–H groups in total. The molecule has 302 valence electrons. The van der Waals surface area contributed by atoms with Gasteiger partial charge in [0.15, 0.2) is 0 Å². The lowest BCUT2D eigenvalue weighted by molar-refractivity contribution is 1.04. The number of allylic oxidation sites excluding steroid dienone is 2. The first kappa shape index (κ1) is 40.3. The smallest absolute Gasteiger partial charge is 0.0998 e. The molecule has 9 aromatic rings. The molecule has 0 aliphatic carbocycles. The fraction of sp³-hybridized carbons (Fsp3) is 0. The third-order valence-corrected chi connectivity index (χ3v) is 10.9. The van der Waals surface area contributed by atoms with Gasteiger partial charge in [0.25, 0.3) is 0 Å². The summed E-state index contributed by atoms with van der Waals surface area (Å²) in [4.78, 5) is 4.39. The Balaban J connectivity index is 0.863. The summed E-state index contributed by atoms with van der Waals surface area (Å²) in [5, 5.41) is 29.4. The van der Waals surface area contributed by atoms with Crippen LogP contribution in [0.3, 0.4) is 0 Å². The molecule has 0 aliphatic rings. The zero-order valence-corrected chi connectivity index (χ0v) is 34.8. The number of hydrogen-bond donors (Lipinski definition) is 0. The number of hydrogen-bond acceptors (Lipinski definition) is 6. The molecule has 0 bridgehead atoms. The molecule has 0 saturated carbocycles. The van der Waals surface area contributed by atoms with E-state index in [-0.39, 0.29) is 0 Å². The molecule has 1 aromatic heterocycles. The van der Waals surface area contributed by atoms with Crippen LogP contribution in [0, 0.1) is 22.7 Å². The van der Waals surface area contributed by atoms with E-state index < -0.39 is 0 Å². The predicted octanol–water partition coefficient (Wildman–Crippen LogP) is 14.9. The van der Waals surface area contributed by atoms with E-state index in [1.807, 2.05) is 170 Å². The van der Waals surface area contributed by atoms with Crippen molar-refractivity contribution in [2.45, 2.75) is 0 Å². The van der Waals surface area contributed by atoms with Gasteiger partial charge in [-0.2, -0.15) is 10.5 Å². The van der Waals surface area contributed by atoms with Gasteiger partial charge in [-0.3, -0.25) is 0 Å². The summed E-state index contributed by atoms with van der Waals surface area (Å²) in [5.74, 6) is 0. The molecular weight excluding hydrogens is 781 g/mol. The predicted molar refractivity (Wildman–Crippen MR) is 262 cm³/mol. The summed E-state index contributed by atoms with van der Waals surface area (Å²) >= 11 is 0. The van der Waals surface area contributed by atoms with Crippen LogP contribution in [0.1, 0.15) is 22.3 Å². The second kappa shape index (κ2) is 19.1. The summed E-state index contributed by atoms with van der Waals surface area (Å²) in [7, 11) is 0. The molecular formula is C58H40N6. The first-order valence-electron chi connectivity index (χ1n) is 20.9. The summed E-state index contributed by atoms with van der Waals surface area (Å²) < 4.78 is 0. The van der Waals surface area contributed by atoms with E-state index in [4.69, 9.17) is 0 Å². The van der Waals surface area contributed by atoms with Crippen molar-refractivity contribution in [2.75, 3.05) is 9.80 Å². The Hall–Kier alpha value is -9.10. The Bertz CT molecular complexity index is 2800. The summed E-state index contributed by atoms with van der Waals surface area (Å²) in [6.07, 6.45) is 3.81. The van der Waals surface area contributed by atoms with Crippen LogP contribution >= 0.6 is 0 Å². The van der Waals surface area contributed by atoms with Gasteiger partial charge < -0.3 is 9.80 Å². The maximum absolute atomic E-state index is 10.2. The first-order chi connectivity index (χ1) is 31.6. The van der Waals surface area contributed by atoms with Gasteiger partial charge in [-0.15, -0.1) is 10.2 Å². The standard InChI is InChI=1S/C58H40N6/c59-41-49(45-29-33-55(34-30-45)63(51-13-5-1-6-14-51)52-15-7-2-8-16-52)39-43-21-25-47(26-22-43)57-37-38-58(62-61-57)48-27-23-44(24-28-48)40-50(42-60)46-31-35-56(36-32-46)64(53-17-9-3-10-18-53)54-19-11-4-12-20-54/h1-40H. The van der Waals surface area contributed by atoms with E-state index in [0.29, 0.717) is 11.1 Å². The van der Waals surface area contributed by atoms with E-state index in [9.17, 15) is 10.5 Å². The normalized spacial score (nSPS) is 11.3. The number of anilines is 6.